The number of fused-ring (bicyclic) bond motifs is 1. The molecular weight excluding hydrogens is 186 g/mol. The summed E-state index contributed by atoms with van der Waals surface area (Å²) < 4.78 is 1.90. The maximum Gasteiger partial charge on any atom is 0.119 e. The van der Waals surface area contributed by atoms with Crippen LogP contribution in [0.25, 0.3) is 11.0 Å². The number of nitriles is 1. The second-order valence-corrected chi connectivity index (χ2v) is 3.88. The Morgan fingerprint density at radius 2 is 2.00 bits per heavy atom. The molecule has 0 aliphatic rings. The van der Waals surface area contributed by atoms with Gasteiger partial charge in [-0.3, -0.25) is 0 Å². The summed E-state index contributed by atoms with van der Waals surface area (Å²) in [5.74, 6) is 0. The Kier molecular flexibility index (Phi) is 2.20. The van der Waals surface area contributed by atoms with E-state index in [4.69, 9.17) is 5.26 Å². The quantitative estimate of drug-likeness (QED) is 0.708. The third-order valence-corrected chi connectivity index (χ3v) is 2.79. The SMILES string of the molecule is Cc1cc2ncn(C(C)C#N)c2cc1C. The summed E-state index contributed by atoms with van der Waals surface area (Å²) in [6.45, 7) is 6.01. The summed E-state index contributed by atoms with van der Waals surface area (Å²) in [4.78, 5) is 4.30. The van der Waals surface area contributed by atoms with E-state index >= 15 is 0 Å². The van der Waals surface area contributed by atoms with Gasteiger partial charge in [0.15, 0.2) is 0 Å². The van der Waals surface area contributed by atoms with Crippen molar-refractivity contribution in [2.24, 2.45) is 0 Å². The molecule has 3 heteroatoms. The van der Waals surface area contributed by atoms with E-state index in [-0.39, 0.29) is 6.04 Å². The fourth-order valence-electron chi connectivity index (χ4n) is 1.65. The maximum atomic E-state index is 8.89. The topological polar surface area (TPSA) is 41.6 Å². The van der Waals surface area contributed by atoms with E-state index in [1.807, 2.05) is 11.5 Å². The average molecular weight is 199 g/mol. The Morgan fingerprint density at radius 3 is 2.67 bits per heavy atom. The normalized spacial score (nSPS) is 12.7. The predicted octanol–water partition coefficient (Wildman–Crippen LogP) is 2.74. The van der Waals surface area contributed by atoms with Gasteiger partial charge in [-0.25, -0.2) is 4.98 Å². The average Bonchev–Trinajstić information content (AvgIpc) is 2.61. The van der Waals surface area contributed by atoms with Crippen molar-refractivity contribution in [3.8, 4) is 6.07 Å². The number of aromatic nitrogens is 2. The van der Waals surface area contributed by atoms with Gasteiger partial charge in [-0.1, -0.05) is 0 Å². The molecule has 2 rings (SSSR count). The molecule has 76 valence electrons. The van der Waals surface area contributed by atoms with Crippen molar-refractivity contribution < 1.29 is 0 Å². The van der Waals surface area contributed by atoms with Gasteiger partial charge < -0.3 is 4.57 Å². The molecule has 0 N–H and O–H groups in total. The molecule has 0 saturated heterocycles. The van der Waals surface area contributed by atoms with Crippen LogP contribution < -0.4 is 0 Å². The zero-order valence-corrected chi connectivity index (χ0v) is 9.15. The van der Waals surface area contributed by atoms with E-state index in [1.165, 1.54) is 11.1 Å². The summed E-state index contributed by atoms with van der Waals surface area (Å²) in [6.07, 6.45) is 1.73. The van der Waals surface area contributed by atoms with E-state index in [2.05, 4.69) is 37.0 Å². The zero-order chi connectivity index (χ0) is 11.0. The number of benzene rings is 1. The van der Waals surface area contributed by atoms with Crippen LogP contribution in [-0.2, 0) is 0 Å². The Bertz CT molecular complexity index is 546. The highest BCUT2D eigenvalue weighted by atomic mass is 15.1. The lowest BCUT2D eigenvalue weighted by molar-refractivity contribution is 0.693. The van der Waals surface area contributed by atoms with Gasteiger partial charge in [-0.2, -0.15) is 5.26 Å². The van der Waals surface area contributed by atoms with Gasteiger partial charge in [-0.05, 0) is 44.0 Å². The highest BCUT2D eigenvalue weighted by molar-refractivity contribution is 5.77. The van der Waals surface area contributed by atoms with Gasteiger partial charge in [0.05, 0.1) is 23.4 Å². The van der Waals surface area contributed by atoms with Gasteiger partial charge in [0.2, 0.25) is 0 Å². The number of hydrogen-bond donors (Lipinski definition) is 0. The second kappa shape index (κ2) is 3.39. The van der Waals surface area contributed by atoms with Crippen molar-refractivity contribution in [2.75, 3.05) is 0 Å². The van der Waals surface area contributed by atoms with E-state index in [0.717, 1.165) is 11.0 Å². The van der Waals surface area contributed by atoms with Crippen LogP contribution in [-0.4, -0.2) is 9.55 Å². The number of nitrogens with zero attached hydrogens (tertiary/aromatic N) is 3. The standard InChI is InChI=1S/C12H13N3/c1-8-4-11-12(5-9(8)2)15(7-14-11)10(3)6-13/h4-5,7,10H,1-3H3. The van der Waals surface area contributed by atoms with Crippen LogP contribution >= 0.6 is 0 Å². The lowest BCUT2D eigenvalue weighted by Gasteiger charge is -2.06. The second-order valence-electron chi connectivity index (χ2n) is 3.88. The Hall–Kier alpha value is -1.82. The van der Waals surface area contributed by atoms with Crippen LogP contribution in [0.2, 0.25) is 0 Å². The lowest BCUT2D eigenvalue weighted by atomic mass is 10.1. The first-order valence-corrected chi connectivity index (χ1v) is 4.97. The molecule has 0 radical (unpaired) electrons. The van der Waals surface area contributed by atoms with Gasteiger partial charge in [0, 0.05) is 0 Å². The van der Waals surface area contributed by atoms with E-state index in [0.29, 0.717) is 0 Å². The van der Waals surface area contributed by atoms with Crippen LogP contribution in [0.15, 0.2) is 18.5 Å². The highest BCUT2D eigenvalue weighted by Crippen LogP contribution is 2.21. The molecule has 0 amide bonds. The fourth-order valence-corrected chi connectivity index (χ4v) is 1.65. The largest absolute Gasteiger partial charge is 0.314 e. The van der Waals surface area contributed by atoms with E-state index in [9.17, 15) is 0 Å². The molecule has 0 saturated carbocycles. The minimum absolute atomic E-state index is 0.169. The third kappa shape index (κ3) is 1.48. The number of aryl methyl sites for hydroxylation is 2. The first kappa shape index (κ1) is 9.72. The van der Waals surface area contributed by atoms with E-state index in [1.54, 1.807) is 6.33 Å². The van der Waals surface area contributed by atoms with Gasteiger partial charge in [0.25, 0.3) is 0 Å². The summed E-state index contributed by atoms with van der Waals surface area (Å²) in [5.41, 5.74) is 4.46. The first-order chi connectivity index (χ1) is 7.13. The molecule has 1 heterocycles. The molecule has 0 fully saturated rings. The lowest BCUT2D eigenvalue weighted by Crippen LogP contribution is -2.00. The predicted molar refractivity (Wildman–Crippen MR) is 59.5 cm³/mol. The van der Waals surface area contributed by atoms with Crippen LogP contribution in [0.5, 0.6) is 0 Å². The number of imidazole rings is 1. The minimum Gasteiger partial charge on any atom is -0.314 e. The van der Waals surface area contributed by atoms with Crippen LogP contribution in [0.3, 0.4) is 0 Å². The molecular formula is C12H13N3. The van der Waals surface area contributed by atoms with Crippen LogP contribution in [0.4, 0.5) is 0 Å². The smallest absolute Gasteiger partial charge is 0.119 e. The van der Waals surface area contributed by atoms with Crippen LogP contribution in [0.1, 0.15) is 24.1 Å². The maximum absolute atomic E-state index is 8.89. The summed E-state index contributed by atoms with van der Waals surface area (Å²) in [6, 6.07) is 6.20. The van der Waals surface area contributed by atoms with Crippen LogP contribution in [0, 0.1) is 25.2 Å². The molecule has 1 aromatic heterocycles. The Labute approximate surface area is 89.0 Å². The molecule has 2 aromatic rings. The van der Waals surface area contributed by atoms with Crippen molar-refractivity contribution in [1.82, 2.24) is 9.55 Å². The van der Waals surface area contributed by atoms with Gasteiger partial charge >= 0.3 is 0 Å². The van der Waals surface area contributed by atoms with Gasteiger partial charge in [-0.15, -0.1) is 0 Å². The summed E-state index contributed by atoms with van der Waals surface area (Å²) >= 11 is 0. The van der Waals surface area contributed by atoms with Crippen molar-refractivity contribution in [2.45, 2.75) is 26.8 Å². The van der Waals surface area contributed by atoms with Crippen molar-refractivity contribution in [3.63, 3.8) is 0 Å². The third-order valence-electron chi connectivity index (χ3n) is 2.79. The number of hydrogen-bond acceptors (Lipinski definition) is 2. The van der Waals surface area contributed by atoms with Crippen molar-refractivity contribution in [1.29, 1.82) is 5.26 Å². The minimum atomic E-state index is -0.169. The molecule has 0 aliphatic heterocycles. The summed E-state index contributed by atoms with van der Waals surface area (Å²) in [7, 11) is 0. The molecule has 1 atom stereocenters. The molecule has 1 unspecified atom stereocenters. The Balaban J connectivity index is 2.71. The molecule has 0 bridgehead atoms. The molecule has 3 nitrogen and oxygen atoms in total. The summed E-state index contributed by atoms with van der Waals surface area (Å²) in [5, 5.41) is 8.89. The monoisotopic (exact) mass is 199 g/mol. The Morgan fingerprint density at radius 1 is 1.33 bits per heavy atom. The van der Waals surface area contributed by atoms with E-state index < -0.39 is 0 Å². The fraction of sp³-hybridized carbons (Fsp3) is 0.333. The highest BCUT2D eigenvalue weighted by Gasteiger charge is 2.09. The number of rotatable bonds is 1. The zero-order valence-electron chi connectivity index (χ0n) is 9.15. The molecule has 0 spiro atoms. The molecule has 15 heavy (non-hydrogen) atoms. The first-order valence-electron chi connectivity index (χ1n) is 4.97. The van der Waals surface area contributed by atoms with Gasteiger partial charge in [0.1, 0.15) is 6.04 Å². The molecule has 1 aromatic carbocycles. The molecule has 0 aliphatic carbocycles. The van der Waals surface area contributed by atoms with Crippen molar-refractivity contribution >= 4 is 11.0 Å². The van der Waals surface area contributed by atoms with Crippen molar-refractivity contribution in [3.05, 3.63) is 29.6 Å².